The van der Waals surface area contributed by atoms with Gasteiger partial charge in [-0.05, 0) is 62.8 Å². The molecule has 2 rings (SSSR count). The SMILES string of the molecule is CC(C)CCC(C)NC(=O)c1ccc(NC(=O)C2CC2)cc1. The number of hydrogen-bond donors (Lipinski definition) is 2. The minimum absolute atomic E-state index is 0.0590. The molecule has 0 bridgehead atoms. The van der Waals surface area contributed by atoms with Crippen molar-refractivity contribution in [2.24, 2.45) is 11.8 Å². The molecule has 1 unspecified atom stereocenters. The highest BCUT2D eigenvalue weighted by atomic mass is 16.2. The second kappa shape index (κ2) is 7.43. The van der Waals surface area contributed by atoms with Gasteiger partial charge in [0.1, 0.15) is 0 Å². The maximum atomic E-state index is 12.2. The van der Waals surface area contributed by atoms with Crippen LogP contribution in [0.1, 0.15) is 56.8 Å². The average molecular weight is 302 g/mol. The number of benzene rings is 1. The molecule has 120 valence electrons. The van der Waals surface area contributed by atoms with Gasteiger partial charge in [-0.1, -0.05) is 13.8 Å². The molecule has 1 fully saturated rings. The van der Waals surface area contributed by atoms with Gasteiger partial charge in [-0.3, -0.25) is 9.59 Å². The maximum absolute atomic E-state index is 12.2. The molecule has 1 aliphatic rings. The van der Waals surface area contributed by atoms with Crippen molar-refractivity contribution in [1.82, 2.24) is 5.32 Å². The lowest BCUT2D eigenvalue weighted by Gasteiger charge is -2.15. The van der Waals surface area contributed by atoms with E-state index in [1.165, 1.54) is 0 Å². The van der Waals surface area contributed by atoms with Gasteiger partial charge in [0.05, 0.1) is 0 Å². The number of anilines is 1. The molecule has 4 heteroatoms. The molecule has 0 aromatic heterocycles. The van der Waals surface area contributed by atoms with E-state index in [2.05, 4.69) is 24.5 Å². The van der Waals surface area contributed by atoms with Crippen molar-refractivity contribution in [3.8, 4) is 0 Å². The normalized spacial score (nSPS) is 15.5. The fraction of sp³-hybridized carbons (Fsp3) is 0.556. The van der Waals surface area contributed by atoms with Gasteiger partial charge in [-0.2, -0.15) is 0 Å². The van der Waals surface area contributed by atoms with E-state index in [9.17, 15) is 9.59 Å². The molecule has 1 atom stereocenters. The van der Waals surface area contributed by atoms with Crippen molar-refractivity contribution in [2.75, 3.05) is 5.32 Å². The summed E-state index contributed by atoms with van der Waals surface area (Å²) in [5.74, 6) is 0.856. The van der Waals surface area contributed by atoms with Crippen molar-refractivity contribution < 1.29 is 9.59 Å². The third-order valence-electron chi connectivity index (χ3n) is 3.92. The van der Waals surface area contributed by atoms with Crippen LogP contribution in [0.2, 0.25) is 0 Å². The largest absolute Gasteiger partial charge is 0.350 e. The van der Waals surface area contributed by atoms with E-state index in [0.717, 1.165) is 31.4 Å². The smallest absolute Gasteiger partial charge is 0.251 e. The molecule has 1 aromatic rings. The highest BCUT2D eigenvalue weighted by Gasteiger charge is 2.29. The molecule has 1 aromatic carbocycles. The maximum Gasteiger partial charge on any atom is 0.251 e. The van der Waals surface area contributed by atoms with E-state index >= 15 is 0 Å². The van der Waals surface area contributed by atoms with Gasteiger partial charge in [-0.25, -0.2) is 0 Å². The Balaban J connectivity index is 1.83. The highest BCUT2D eigenvalue weighted by molar-refractivity contribution is 5.96. The zero-order valence-electron chi connectivity index (χ0n) is 13.7. The van der Waals surface area contributed by atoms with Crippen LogP contribution in [0.3, 0.4) is 0 Å². The summed E-state index contributed by atoms with van der Waals surface area (Å²) in [6, 6.07) is 7.26. The molecule has 1 saturated carbocycles. The monoisotopic (exact) mass is 302 g/mol. The van der Waals surface area contributed by atoms with Crippen LogP contribution in [0.4, 0.5) is 5.69 Å². The molecule has 0 heterocycles. The van der Waals surface area contributed by atoms with Crippen LogP contribution in [0.25, 0.3) is 0 Å². The van der Waals surface area contributed by atoms with Crippen molar-refractivity contribution in [3.05, 3.63) is 29.8 Å². The molecule has 1 aliphatic carbocycles. The Morgan fingerprint density at radius 3 is 2.27 bits per heavy atom. The predicted molar refractivity (Wildman–Crippen MR) is 88.8 cm³/mol. The Morgan fingerprint density at radius 2 is 1.73 bits per heavy atom. The summed E-state index contributed by atoms with van der Waals surface area (Å²) >= 11 is 0. The number of amides is 2. The van der Waals surface area contributed by atoms with Crippen LogP contribution < -0.4 is 10.6 Å². The molecular formula is C18H26N2O2. The number of carbonyl (C=O) groups is 2. The zero-order chi connectivity index (χ0) is 16.1. The molecule has 2 amide bonds. The van der Waals surface area contributed by atoms with Gasteiger partial charge in [0.25, 0.3) is 5.91 Å². The van der Waals surface area contributed by atoms with Gasteiger partial charge >= 0.3 is 0 Å². The quantitative estimate of drug-likeness (QED) is 0.808. The fourth-order valence-corrected chi connectivity index (χ4v) is 2.26. The second-order valence-corrected chi connectivity index (χ2v) is 6.69. The summed E-state index contributed by atoms with van der Waals surface area (Å²) < 4.78 is 0. The fourth-order valence-electron chi connectivity index (χ4n) is 2.26. The summed E-state index contributed by atoms with van der Waals surface area (Å²) in [5.41, 5.74) is 1.38. The lowest BCUT2D eigenvalue weighted by atomic mass is 10.0. The van der Waals surface area contributed by atoms with Gasteiger partial charge in [0.15, 0.2) is 0 Å². The topological polar surface area (TPSA) is 58.2 Å². The number of hydrogen-bond acceptors (Lipinski definition) is 2. The lowest BCUT2D eigenvalue weighted by molar-refractivity contribution is -0.117. The van der Waals surface area contributed by atoms with Gasteiger partial charge in [-0.15, -0.1) is 0 Å². The molecular weight excluding hydrogens is 276 g/mol. The Bertz CT molecular complexity index is 518. The minimum Gasteiger partial charge on any atom is -0.350 e. The van der Waals surface area contributed by atoms with E-state index in [4.69, 9.17) is 0 Å². The van der Waals surface area contributed by atoms with Crippen LogP contribution in [-0.2, 0) is 4.79 Å². The van der Waals surface area contributed by atoms with Crippen LogP contribution >= 0.6 is 0 Å². The number of nitrogens with one attached hydrogen (secondary N) is 2. The Hall–Kier alpha value is -1.84. The Morgan fingerprint density at radius 1 is 1.09 bits per heavy atom. The van der Waals surface area contributed by atoms with E-state index in [1.54, 1.807) is 24.3 Å². The van der Waals surface area contributed by atoms with Crippen LogP contribution in [0.5, 0.6) is 0 Å². The first-order chi connectivity index (χ1) is 10.5. The Labute approximate surface area is 132 Å². The summed E-state index contributed by atoms with van der Waals surface area (Å²) in [4.78, 5) is 23.8. The van der Waals surface area contributed by atoms with Crippen LogP contribution in [-0.4, -0.2) is 17.9 Å². The van der Waals surface area contributed by atoms with Crippen LogP contribution in [0.15, 0.2) is 24.3 Å². The number of rotatable bonds is 7. The van der Waals surface area contributed by atoms with E-state index in [1.807, 2.05) is 6.92 Å². The minimum atomic E-state index is -0.0590. The van der Waals surface area contributed by atoms with Gasteiger partial charge in [0, 0.05) is 23.2 Å². The Kier molecular flexibility index (Phi) is 5.58. The van der Waals surface area contributed by atoms with E-state index in [-0.39, 0.29) is 23.8 Å². The van der Waals surface area contributed by atoms with Crippen molar-refractivity contribution in [1.29, 1.82) is 0 Å². The molecule has 22 heavy (non-hydrogen) atoms. The van der Waals surface area contributed by atoms with Crippen molar-refractivity contribution >= 4 is 17.5 Å². The van der Waals surface area contributed by atoms with Gasteiger partial charge in [0.2, 0.25) is 5.91 Å². The zero-order valence-corrected chi connectivity index (χ0v) is 13.7. The average Bonchev–Trinajstić information content (AvgIpc) is 3.30. The van der Waals surface area contributed by atoms with Crippen LogP contribution in [0, 0.1) is 11.8 Å². The predicted octanol–water partition coefficient (Wildman–Crippen LogP) is 3.59. The molecule has 0 saturated heterocycles. The third kappa shape index (κ3) is 5.17. The molecule has 0 spiro atoms. The van der Waals surface area contributed by atoms with Crippen molar-refractivity contribution in [3.63, 3.8) is 0 Å². The molecule has 0 aliphatic heterocycles. The van der Waals surface area contributed by atoms with Crippen molar-refractivity contribution in [2.45, 2.75) is 52.5 Å². The lowest BCUT2D eigenvalue weighted by Crippen LogP contribution is -2.32. The summed E-state index contributed by atoms with van der Waals surface area (Å²) in [5, 5.41) is 5.89. The third-order valence-corrected chi connectivity index (χ3v) is 3.92. The highest BCUT2D eigenvalue weighted by Crippen LogP contribution is 2.30. The molecule has 0 radical (unpaired) electrons. The first-order valence-corrected chi connectivity index (χ1v) is 8.17. The second-order valence-electron chi connectivity index (χ2n) is 6.69. The first-order valence-electron chi connectivity index (χ1n) is 8.17. The standard InChI is InChI=1S/C18H26N2O2/c1-12(2)4-5-13(3)19-17(21)15-8-10-16(11-9-15)20-18(22)14-6-7-14/h8-14H,4-7H2,1-3H3,(H,19,21)(H,20,22). The summed E-state index contributed by atoms with van der Waals surface area (Å²) in [6.45, 7) is 6.40. The first kappa shape index (κ1) is 16.5. The summed E-state index contributed by atoms with van der Waals surface area (Å²) in [7, 11) is 0. The van der Waals surface area contributed by atoms with Gasteiger partial charge < -0.3 is 10.6 Å². The number of carbonyl (C=O) groups excluding carboxylic acids is 2. The van der Waals surface area contributed by atoms with E-state index < -0.39 is 0 Å². The molecule has 4 nitrogen and oxygen atoms in total. The molecule has 2 N–H and O–H groups in total. The summed E-state index contributed by atoms with van der Waals surface area (Å²) in [6.07, 6.45) is 4.06. The van der Waals surface area contributed by atoms with E-state index in [0.29, 0.717) is 11.5 Å².